The number of urea groups is 1. The van der Waals surface area contributed by atoms with Gasteiger partial charge in [0.15, 0.2) is 6.73 Å². The zero-order valence-electron chi connectivity index (χ0n) is 14.9. The number of carbonyl (C=O) groups excluding carboxylic acids is 1. The van der Waals surface area contributed by atoms with Crippen molar-refractivity contribution in [2.75, 3.05) is 37.8 Å². The number of anilines is 1. The Labute approximate surface area is 149 Å². The number of amides is 2. The summed E-state index contributed by atoms with van der Waals surface area (Å²) in [6.45, 7) is 7.42. The molecule has 1 saturated heterocycles. The van der Waals surface area contributed by atoms with Gasteiger partial charge in [-0.05, 0) is 43.7 Å². The number of nitrogens with zero attached hydrogens (tertiary/aromatic N) is 2. The molecule has 2 amide bonds. The van der Waals surface area contributed by atoms with Gasteiger partial charge in [0, 0.05) is 31.9 Å². The predicted octanol–water partition coefficient (Wildman–Crippen LogP) is 3.17. The summed E-state index contributed by atoms with van der Waals surface area (Å²) in [6.07, 6.45) is 0. The minimum Gasteiger partial charge on any atom is -0.473 e. The standard InChI is InChI=1S/C20H25N3O2/c1-16-6-8-19(9-7-16)25-15-21-20(24)23-12-10-22(11-13-23)18-5-3-4-17(2)14-18/h3-9,14H,10-13,15H2,1-2H3,(H,21,24). The van der Waals surface area contributed by atoms with Gasteiger partial charge in [0.1, 0.15) is 5.75 Å². The van der Waals surface area contributed by atoms with E-state index in [0.717, 1.165) is 18.8 Å². The third kappa shape index (κ3) is 4.66. The van der Waals surface area contributed by atoms with E-state index in [1.807, 2.05) is 36.1 Å². The molecule has 2 aromatic rings. The zero-order valence-corrected chi connectivity index (χ0v) is 14.9. The van der Waals surface area contributed by atoms with Crippen LogP contribution in [0.25, 0.3) is 0 Å². The van der Waals surface area contributed by atoms with Crippen molar-refractivity contribution in [3.05, 3.63) is 59.7 Å². The van der Waals surface area contributed by atoms with E-state index < -0.39 is 0 Å². The van der Waals surface area contributed by atoms with Gasteiger partial charge in [-0.15, -0.1) is 0 Å². The number of piperazine rings is 1. The van der Waals surface area contributed by atoms with Crippen molar-refractivity contribution in [1.29, 1.82) is 0 Å². The molecule has 0 spiro atoms. The van der Waals surface area contributed by atoms with Gasteiger partial charge in [-0.1, -0.05) is 29.8 Å². The van der Waals surface area contributed by atoms with Crippen molar-refractivity contribution < 1.29 is 9.53 Å². The molecule has 3 rings (SSSR count). The molecular formula is C20H25N3O2. The molecule has 0 atom stereocenters. The normalized spacial score (nSPS) is 14.3. The average Bonchev–Trinajstić information content (AvgIpc) is 2.63. The lowest BCUT2D eigenvalue weighted by molar-refractivity contribution is 0.181. The van der Waals surface area contributed by atoms with Gasteiger partial charge in [0.2, 0.25) is 0 Å². The highest BCUT2D eigenvalue weighted by atomic mass is 16.5. The van der Waals surface area contributed by atoms with Crippen LogP contribution in [-0.2, 0) is 0 Å². The second kappa shape index (κ2) is 7.92. The smallest absolute Gasteiger partial charge is 0.320 e. The molecule has 1 aliphatic heterocycles. The van der Waals surface area contributed by atoms with Crippen molar-refractivity contribution in [2.45, 2.75) is 13.8 Å². The van der Waals surface area contributed by atoms with Gasteiger partial charge in [-0.25, -0.2) is 4.79 Å². The van der Waals surface area contributed by atoms with Crippen molar-refractivity contribution in [2.24, 2.45) is 0 Å². The molecule has 0 aliphatic carbocycles. The van der Waals surface area contributed by atoms with Crippen LogP contribution in [0.2, 0.25) is 0 Å². The largest absolute Gasteiger partial charge is 0.473 e. The van der Waals surface area contributed by atoms with E-state index in [1.165, 1.54) is 16.8 Å². The van der Waals surface area contributed by atoms with E-state index in [9.17, 15) is 4.79 Å². The molecule has 0 saturated carbocycles. The Hall–Kier alpha value is -2.69. The quantitative estimate of drug-likeness (QED) is 0.870. The molecule has 1 N–H and O–H groups in total. The van der Waals surface area contributed by atoms with E-state index in [0.29, 0.717) is 13.1 Å². The highest BCUT2D eigenvalue weighted by molar-refractivity contribution is 5.74. The van der Waals surface area contributed by atoms with Crippen LogP contribution in [0.5, 0.6) is 5.75 Å². The summed E-state index contributed by atoms with van der Waals surface area (Å²) in [5, 5.41) is 2.83. The zero-order chi connectivity index (χ0) is 17.6. The van der Waals surface area contributed by atoms with Gasteiger partial charge in [0.25, 0.3) is 0 Å². The summed E-state index contributed by atoms with van der Waals surface area (Å²) in [5.41, 5.74) is 3.66. The van der Waals surface area contributed by atoms with Gasteiger partial charge in [-0.3, -0.25) is 0 Å². The summed E-state index contributed by atoms with van der Waals surface area (Å²) in [6, 6.07) is 16.2. The lowest BCUT2D eigenvalue weighted by Gasteiger charge is -2.36. The van der Waals surface area contributed by atoms with Crippen molar-refractivity contribution >= 4 is 11.7 Å². The monoisotopic (exact) mass is 339 g/mol. The van der Waals surface area contributed by atoms with E-state index in [1.54, 1.807) is 0 Å². The number of carbonyl (C=O) groups is 1. The highest BCUT2D eigenvalue weighted by Crippen LogP contribution is 2.17. The first-order chi connectivity index (χ1) is 12.1. The van der Waals surface area contributed by atoms with Crippen LogP contribution in [0.4, 0.5) is 10.5 Å². The van der Waals surface area contributed by atoms with Crippen LogP contribution >= 0.6 is 0 Å². The number of nitrogens with one attached hydrogen (secondary N) is 1. The van der Waals surface area contributed by atoms with E-state index in [4.69, 9.17) is 4.74 Å². The molecule has 0 aromatic heterocycles. The Morgan fingerprint density at radius 2 is 1.72 bits per heavy atom. The maximum absolute atomic E-state index is 12.3. The molecule has 1 fully saturated rings. The SMILES string of the molecule is Cc1ccc(OCNC(=O)N2CCN(c3cccc(C)c3)CC2)cc1. The van der Waals surface area contributed by atoms with Crippen LogP contribution < -0.4 is 15.0 Å². The Kier molecular flexibility index (Phi) is 5.43. The van der Waals surface area contributed by atoms with Crippen molar-refractivity contribution in [1.82, 2.24) is 10.2 Å². The Morgan fingerprint density at radius 3 is 2.40 bits per heavy atom. The lowest BCUT2D eigenvalue weighted by Crippen LogP contribution is -2.52. The molecule has 0 bridgehead atoms. The third-order valence-corrected chi connectivity index (χ3v) is 4.42. The maximum Gasteiger partial charge on any atom is 0.320 e. The lowest BCUT2D eigenvalue weighted by atomic mass is 10.2. The van der Waals surface area contributed by atoms with Crippen LogP contribution in [-0.4, -0.2) is 43.8 Å². The summed E-state index contributed by atoms with van der Waals surface area (Å²) < 4.78 is 5.56. The predicted molar refractivity (Wildman–Crippen MR) is 100 cm³/mol. The van der Waals surface area contributed by atoms with Crippen LogP contribution in [0.1, 0.15) is 11.1 Å². The number of rotatable bonds is 4. The first-order valence-corrected chi connectivity index (χ1v) is 8.66. The van der Waals surface area contributed by atoms with E-state index in [2.05, 4.69) is 41.4 Å². The Balaban J connectivity index is 1.43. The topological polar surface area (TPSA) is 44.8 Å². The number of aryl methyl sites for hydroxylation is 2. The number of benzene rings is 2. The first kappa shape index (κ1) is 17.1. The van der Waals surface area contributed by atoms with E-state index in [-0.39, 0.29) is 12.8 Å². The van der Waals surface area contributed by atoms with Crippen LogP contribution in [0, 0.1) is 13.8 Å². The molecule has 0 unspecified atom stereocenters. The molecule has 5 nitrogen and oxygen atoms in total. The fourth-order valence-electron chi connectivity index (χ4n) is 2.92. The van der Waals surface area contributed by atoms with Crippen molar-refractivity contribution in [3.63, 3.8) is 0 Å². The molecule has 1 heterocycles. The minimum absolute atomic E-state index is 0.0731. The fraction of sp³-hybridized carbons (Fsp3) is 0.350. The van der Waals surface area contributed by atoms with Gasteiger partial charge in [-0.2, -0.15) is 0 Å². The average molecular weight is 339 g/mol. The van der Waals surface area contributed by atoms with Crippen LogP contribution in [0.3, 0.4) is 0 Å². The van der Waals surface area contributed by atoms with Crippen molar-refractivity contribution in [3.8, 4) is 5.75 Å². The summed E-state index contributed by atoms with van der Waals surface area (Å²) in [4.78, 5) is 16.4. The summed E-state index contributed by atoms with van der Waals surface area (Å²) >= 11 is 0. The second-order valence-electron chi connectivity index (χ2n) is 6.40. The van der Waals surface area contributed by atoms with Gasteiger partial charge in [0.05, 0.1) is 0 Å². The molecule has 0 radical (unpaired) electrons. The highest BCUT2D eigenvalue weighted by Gasteiger charge is 2.21. The fourth-order valence-corrected chi connectivity index (χ4v) is 2.92. The number of hydrogen-bond donors (Lipinski definition) is 1. The molecule has 2 aromatic carbocycles. The van der Waals surface area contributed by atoms with Gasteiger partial charge < -0.3 is 19.9 Å². The maximum atomic E-state index is 12.3. The molecule has 5 heteroatoms. The first-order valence-electron chi connectivity index (χ1n) is 8.66. The number of hydrogen-bond acceptors (Lipinski definition) is 3. The third-order valence-electron chi connectivity index (χ3n) is 4.42. The Bertz CT molecular complexity index is 707. The second-order valence-corrected chi connectivity index (χ2v) is 6.40. The minimum atomic E-state index is -0.0731. The Morgan fingerprint density at radius 1 is 1.00 bits per heavy atom. The summed E-state index contributed by atoms with van der Waals surface area (Å²) in [7, 11) is 0. The number of ether oxygens (including phenoxy) is 1. The summed E-state index contributed by atoms with van der Waals surface area (Å²) in [5.74, 6) is 0.759. The van der Waals surface area contributed by atoms with Crippen LogP contribution in [0.15, 0.2) is 48.5 Å². The molecule has 132 valence electrons. The molecular weight excluding hydrogens is 314 g/mol. The molecule has 1 aliphatic rings. The van der Waals surface area contributed by atoms with E-state index >= 15 is 0 Å². The molecule has 25 heavy (non-hydrogen) atoms. The van der Waals surface area contributed by atoms with Gasteiger partial charge >= 0.3 is 6.03 Å².